The molecule has 2 rings (SSSR count). The summed E-state index contributed by atoms with van der Waals surface area (Å²) < 4.78 is 26.3. The van der Waals surface area contributed by atoms with Crippen LogP contribution in [-0.4, -0.2) is 6.04 Å². The van der Waals surface area contributed by atoms with Gasteiger partial charge in [0, 0.05) is 23.7 Å². The van der Waals surface area contributed by atoms with E-state index in [1.165, 1.54) is 25.0 Å². The van der Waals surface area contributed by atoms with Crippen LogP contribution in [0.15, 0.2) is 18.2 Å². The predicted octanol–water partition coefficient (Wildman–Crippen LogP) is 3.56. The van der Waals surface area contributed by atoms with Gasteiger partial charge in [0.1, 0.15) is 11.6 Å². The van der Waals surface area contributed by atoms with E-state index in [4.69, 9.17) is 0 Å². The molecule has 1 aliphatic rings. The first-order chi connectivity index (χ1) is 7.66. The summed E-state index contributed by atoms with van der Waals surface area (Å²) in [6.07, 6.45) is 4.81. The predicted molar refractivity (Wildman–Crippen MR) is 60.2 cm³/mol. The molecule has 1 unspecified atom stereocenters. The second kappa shape index (κ2) is 4.91. The van der Waals surface area contributed by atoms with Crippen LogP contribution in [-0.2, 0) is 0 Å². The van der Waals surface area contributed by atoms with Crippen molar-refractivity contribution in [3.05, 3.63) is 35.4 Å². The van der Waals surface area contributed by atoms with E-state index < -0.39 is 11.6 Å². The summed E-state index contributed by atoms with van der Waals surface area (Å²) in [5, 5.41) is 3.39. The molecule has 1 aromatic rings. The van der Waals surface area contributed by atoms with Crippen molar-refractivity contribution in [2.24, 2.45) is 0 Å². The fourth-order valence-corrected chi connectivity index (χ4v) is 2.39. The molecule has 0 spiro atoms. The quantitative estimate of drug-likeness (QED) is 0.829. The van der Waals surface area contributed by atoms with Crippen LogP contribution in [0.3, 0.4) is 0 Å². The minimum absolute atomic E-state index is 0.0521. The highest BCUT2D eigenvalue weighted by Gasteiger charge is 2.19. The number of hydrogen-bond donors (Lipinski definition) is 1. The molecule has 0 saturated heterocycles. The van der Waals surface area contributed by atoms with E-state index in [0.717, 1.165) is 18.9 Å². The molecule has 16 heavy (non-hydrogen) atoms. The lowest BCUT2D eigenvalue weighted by atomic mass is 10.1. The Labute approximate surface area is 94.9 Å². The molecule has 0 bridgehead atoms. The van der Waals surface area contributed by atoms with Gasteiger partial charge in [0.05, 0.1) is 0 Å². The molecule has 0 amide bonds. The Kier molecular flexibility index (Phi) is 3.54. The van der Waals surface area contributed by atoms with Gasteiger partial charge in [-0.25, -0.2) is 8.78 Å². The van der Waals surface area contributed by atoms with Crippen LogP contribution in [0, 0.1) is 11.6 Å². The van der Waals surface area contributed by atoms with E-state index >= 15 is 0 Å². The van der Waals surface area contributed by atoms with Crippen LogP contribution in [0.2, 0.25) is 0 Å². The summed E-state index contributed by atoms with van der Waals surface area (Å²) in [6, 6.07) is 4.22. The van der Waals surface area contributed by atoms with Crippen LogP contribution < -0.4 is 5.32 Å². The summed E-state index contributed by atoms with van der Waals surface area (Å²) in [4.78, 5) is 0. The fourth-order valence-electron chi connectivity index (χ4n) is 2.39. The van der Waals surface area contributed by atoms with Gasteiger partial charge in [-0.1, -0.05) is 18.9 Å². The first-order valence-corrected chi connectivity index (χ1v) is 5.88. The Morgan fingerprint density at radius 1 is 1.25 bits per heavy atom. The van der Waals surface area contributed by atoms with Gasteiger partial charge in [-0.2, -0.15) is 0 Å². The third-order valence-electron chi connectivity index (χ3n) is 3.27. The molecule has 88 valence electrons. The molecule has 1 N–H and O–H groups in total. The molecule has 0 heterocycles. The topological polar surface area (TPSA) is 12.0 Å². The summed E-state index contributed by atoms with van der Waals surface area (Å²) in [5.41, 5.74) is 0.549. The molecule has 1 saturated carbocycles. The van der Waals surface area contributed by atoms with Crippen LogP contribution >= 0.6 is 0 Å². The van der Waals surface area contributed by atoms with Crippen molar-refractivity contribution in [1.29, 1.82) is 0 Å². The van der Waals surface area contributed by atoms with Crippen molar-refractivity contribution in [2.45, 2.75) is 44.7 Å². The van der Waals surface area contributed by atoms with E-state index in [0.29, 0.717) is 11.6 Å². The molecule has 3 heteroatoms. The molecule has 0 aliphatic heterocycles. The Morgan fingerprint density at radius 2 is 1.94 bits per heavy atom. The highest BCUT2D eigenvalue weighted by molar-refractivity contribution is 5.21. The standard InChI is InChI=1S/C13H17F2N/c1-9(16-11-4-2-3-5-11)12-7-6-10(14)8-13(12)15/h6-9,11,16H,2-5H2,1H3. The molecule has 1 atom stereocenters. The van der Waals surface area contributed by atoms with Gasteiger partial charge in [0.2, 0.25) is 0 Å². The number of rotatable bonds is 3. The van der Waals surface area contributed by atoms with Crippen molar-refractivity contribution >= 4 is 0 Å². The molecule has 1 aliphatic carbocycles. The molecule has 1 nitrogen and oxygen atoms in total. The average Bonchev–Trinajstić information content (AvgIpc) is 2.70. The highest BCUT2D eigenvalue weighted by atomic mass is 19.1. The maximum atomic E-state index is 13.5. The zero-order chi connectivity index (χ0) is 11.5. The van der Waals surface area contributed by atoms with Crippen molar-refractivity contribution < 1.29 is 8.78 Å². The normalized spacial score (nSPS) is 18.9. The Balaban J connectivity index is 2.04. The Bertz CT molecular complexity index is 359. The second-order valence-electron chi connectivity index (χ2n) is 4.54. The van der Waals surface area contributed by atoms with Crippen LogP contribution in [0.1, 0.15) is 44.2 Å². The monoisotopic (exact) mass is 225 g/mol. The molecule has 0 aromatic heterocycles. The SMILES string of the molecule is CC(NC1CCCC1)c1ccc(F)cc1F. The lowest BCUT2D eigenvalue weighted by Crippen LogP contribution is -2.29. The largest absolute Gasteiger partial charge is 0.307 e. The van der Waals surface area contributed by atoms with Gasteiger partial charge in [-0.3, -0.25) is 0 Å². The maximum Gasteiger partial charge on any atom is 0.130 e. The lowest BCUT2D eigenvalue weighted by Gasteiger charge is -2.20. The second-order valence-corrected chi connectivity index (χ2v) is 4.54. The highest BCUT2D eigenvalue weighted by Crippen LogP contribution is 2.23. The van der Waals surface area contributed by atoms with Gasteiger partial charge < -0.3 is 5.32 Å². The first-order valence-electron chi connectivity index (χ1n) is 5.88. The maximum absolute atomic E-state index is 13.5. The van der Waals surface area contributed by atoms with Gasteiger partial charge in [0.15, 0.2) is 0 Å². The number of nitrogens with one attached hydrogen (secondary N) is 1. The van der Waals surface area contributed by atoms with Gasteiger partial charge in [0.25, 0.3) is 0 Å². The van der Waals surface area contributed by atoms with Gasteiger partial charge in [-0.05, 0) is 25.8 Å². The van der Waals surface area contributed by atoms with Crippen LogP contribution in [0.5, 0.6) is 0 Å². The molecule has 0 radical (unpaired) electrons. The van der Waals surface area contributed by atoms with E-state index in [1.807, 2.05) is 6.92 Å². The zero-order valence-corrected chi connectivity index (χ0v) is 9.47. The number of benzene rings is 1. The third-order valence-corrected chi connectivity index (χ3v) is 3.27. The van der Waals surface area contributed by atoms with Gasteiger partial charge >= 0.3 is 0 Å². The van der Waals surface area contributed by atoms with Crippen molar-refractivity contribution in [1.82, 2.24) is 5.32 Å². The zero-order valence-electron chi connectivity index (χ0n) is 9.47. The molecular weight excluding hydrogens is 208 g/mol. The summed E-state index contributed by atoms with van der Waals surface area (Å²) >= 11 is 0. The van der Waals surface area contributed by atoms with Crippen molar-refractivity contribution in [2.75, 3.05) is 0 Å². The minimum atomic E-state index is -0.519. The van der Waals surface area contributed by atoms with E-state index in [-0.39, 0.29) is 6.04 Å². The van der Waals surface area contributed by atoms with E-state index in [1.54, 1.807) is 0 Å². The minimum Gasteiger partial charge on any atom is -0.307 e. The molecule has 1 aromatic carbocycles. The smallest absolute Gasteiger partial charge is 0.130 e. The number of halogens is 2. The van der Waals surface area contributed by atoms with Gasteiger partial charge in [-0.15, -0.1) is 0 Å². The summed E-state index contributed by atoms with van der Waals surface area (Å²) in [6.45, 7) is 1.93. The van der Waals surface area contributed by atoms with E-state index in [9.17, 15) is 8.78 Å². The Morgan fingerprint density at radius 3 is 2.56 bits per heavy atom. The van der Waals surface area contributed by atoms with Crippen LogP contribution in [0.4, 0.5) is 8.78 Å². The molecular formula is C13H17F2N. The third kappa shape index (κ3) is 2.59. The first kappa shape index (κ1) is 11.5. The lowest BCUT2D eigenvalue weighted by molar-refractivity contribution is 0.445. The van der Waals surface area contributed by atoms with Crippen LogP contribution in [0.25, 0.3) is 0 Å². The summed E-state index contributed by atoms with van der Waals surface area (Å²) in [7, 11) is 0. The van der Waals surface area contributed by atoms with Crippen molar-refractivity contribution in [3.8, 4) is 0 Å². The Hall–Kier alpha value is -0.960. The van der Waals surface area contributed by atoms with Crippen molar-refractivity contribution in [3.63, 3.8) is 0 Å². The van der Waals surface area contributed by atoms with E-state index in [2.05, 4.69) is 5.32 Å². The summed E-state index contributed by atoms with van der Waals surface area (Å²) in [5.74, 6) is -0.979. The fraction of sp³-hybridized carbons (Fsp3) is 0.538. The molecule has 1 fully saturated rings. The average molecular weight is 225 g/mol. The number of hydrogen-bond acceptors (Lipinski definition) is 1.